The van der Waals surface area contributed by atoms with Crippen molar-refractivity contribution in [1.82, 2.24) is 10.2 Å². The molecule has 1 N–H and O–H groups in total. The molecule has 0 aromatic heterocycles. The van der Waals surface area contributed by atoms with Gasteiger partial charge in [-0.15, -0.1) is 0 Å². The van der Waals surface area contributed by atoms with Crippen molar-refractivity contribution in [2.75, 3.05) is 19.3 Å². The van der Waals surface area contributed by atoms with E-state index in [2.05, 4.69) is 38.0 Å². The quantitative estimate of drug-likeness (QED) is 0.835. The molecule has 104 valence electrons. The average Bonchev–Trinajstić information content (AvgIpc) is 2.34. The van der Waals surface area contributed by atoms with Gasteiger partial charge >= 0.3 is 0 Å². The van der Waals surface area contributed by atoms with Crippen molar-refractivity contribution in [3.63, 3.8) is 0 Å². The van der Waals surface area contributed by atoms with E-state index in [1.807, 2.05) is 11.8 Å². The minimum atomic E-state index is 0.265. The van der Waals surface area contributed by atoms with Crippen LogP contribution >= 0.6 is 11.8 Å². The standard InChI is InChI=1S/C14H27N3S/c1-5-14(3)7-9-18-13(16-14)15-12-6-8-17(4)11(2)10-12/h11-12H,5-10H2,1-4H3,(H,15,16). The number of nitrogens with one attached hydrogen (secondary N) is 1. The first-order valence-corrected chi connectivity index (χ1v) is 8.20. The van der Waals surface area contributed by atoms with Gasteiger partial charge in [0.25, 0.3) is 0 Å². The summed E-state index contributed by atoms with van der Waals surface area (Å²) in [7, 11) is 2.22. The van der Waals surface area contributed by atoms with E-state index in [4.69, 9.17) is 4.99 Å². The molecule has 0 aromatic rings. The highest BCUT2D eigenvalue weighted by molar-refractivity contribution is 8.13. The van der Waals surface area contributed by atoms with E-state index in [0.717, 1.165) is 0 Å². The van der Waals surface area contributed by atoms with E-state index < -0.39 is 0 Å². The highest BCUT2D eigenvalue weighted by Gasteiger charge is 2.29. The summed E-state index contributed by atoms with van der Waals surface area (Å²) in [5.41, 5.74) is 0.265. The molecule has 0 aromatic carbocycles. The van der Waals surface area contributed by atoms with Crippen LogP contribution in [0.4, 0.5) is 0 Å². The van der Waals surface area contributed by atoms with Crippen LogP contribution in [-0.4, -0.2) is 47.0 Å². The zero-order valence-electron chi connectivity index (χ0n) is 12.2. The molecule has 3 nitrogen and oxygen atoms in total. The maximum Gasteiger partial charge on any atom is 0.157 e. The molecule has 2 saturated heterocycles. The molecule has 3 unspecified atom stereocenters. The van der Waals surface area contributed by atoms with Crippen LogP contribution in [0.1, 0.15) is 46.5 Å². The molecule has 0 spiro atoms. The molecule has 2 fully saturated rings. The second-order valence-electron chi connectivity index (χ2n) is 6.08. The fourth-order valence-corrected chi connectivity index (χ4v) is 3.90. The molecular weight excluding hydrogens is 242 g/mol. The number of likely N-dealkylation sites (tertiary alicyclic amines) is 1. The van der Waals surface area contributed by atoms with Gasteiger partial charge in [0.2, 0.25) is 0 Å². The molecular formula is C14H27N3S. The number of thioether (sulfide) groups is 1. The van der Waals surface area contributed by atoms with E-state index in [0.29, 0.717) is 12.1 Å². The minimum Gasteiger partial charge on any atom is -0.360 e. The Morgan fingerprint density at radius 1 is 1.56 bits per heavy atom. The third-order valence-electron chi connectivity index (χ3n) is 4.56. The average molecular weight is 269 g/mol. The van der Waals surface area contributed by atoms with Crippen LogP contribution in [0.3, 0.4) is 0 Å². The van der Waals surface area contributed by atoms with Gasteiger partial charge in [-0.1, -0.05) is 18.7 Å². The first kappa shape index (κ1) is 14.2. The van der Waals surface area contributed by atoms with Crippen molar-refractivity contribution in [3.05, 3.63) is 0 Å². The third kappa shape index (κ3) is 3.41. The van der Waals surface area contributed by atoms with Gasteiger partial charge in [-0.2, -0.15) is 0 Å². The molecule has 2 aliphatic heterocycles. The van der Waals surface area contributed by atoms with Crippen LogP contribution < -0.4 is 5.32 Å². The Kier molecular flexibility index (Phi) is 4.59. The third-order valence-corrected chi connectivity index (χ3v) is 5.45. The maximum absolute atomic E-state index is 4.97. The molecule has 2 rings (SSSR count). The Morgan fingerprint density at radius 2 is 2.33 bits per heavy atom. The van der Waals surface area contributed by atoms with E-state index in [-0.39, 0.29) is 5.54 Å². The van der Waals surface area contributed by atoms with Crippen molar-refractivity contribution < 1.29 is 0 Å². The molecule has 2 aliphatic rings. The molecule has 0 aliphatic carbocycles. The van der Waals surface area contributed by atoms with Crippen LogP contribution in [-0.2, 0) is 0 Å². The lowest BCUT2D eigenvalue weighted by Crippen LogP contribution is -2.49. The van der Waals surface area contributed by atoms with Crippen molar-refractivity contribution in [3.8, 4) is 0 Å². The Labute approximate surface area is 116 Å². The molecule has 3 atom stereocenters. The molecule has 0 radical (unpaired) electrons. The van der Waals surface area contributed by atoms with Gasteiger partial charge in [-0.05, 0) is 46.6 Å². The molecule has 0 bridgehead atoms. The van der Waals surface area contributed by atoms with Gasteiger partial charge in [-0.3, -0.25) is 4.99 Å². The number of hydrogen-bond donors (Lipinski definition) is 1. The van der Waals surface area contributed by atoms with E-state index in [1.165, 1.54) is 43.1 Å². The lowest BCUT2D eigenvalue weighted by atomic mass is 9.96. The van der Waals surface area contributed by atoms with Crippen LogP contribution in [0.25, 0.3) is 0 Å². The highest BCUT2D eigenvalue weighted by Crippen LogP contribution is 2.26. The Hall–Kier alpha value is -0.220. The number of rotatable bonds is 2. The van der Waals surface area contributed by atoms with Gasteiger partial charge in [-0.25, -0.2) is 0 Å². The molecule has 4 heteroatoms. The zero-order valence-corrected chi connectivity index (χ0v) is 13.0. The van der Waals surface area contributed by atoms with Gasteiger partial charge in [0, 0.05) is 23.9 Å². The summed E-state index contributed by atoms with van der Waals surface area (Å²) in [5, 5.41) is 4.84. The number of hydrogen-bond acceptors (Lipinski definition) is 3. The predicted molar refractivity (Wildman–Crippen MR) is 81.5 cm³/mol. The fraction of sp³-hybridized carbons (Fsp3) is 0.929. The van der Waals surface area contributed by atoms with Gasteiger partial charge in [0.05, 0.1) is 6.04 Å². The Morgan fingerprint density at radius 3 is 3.00 bits per heavy atom. The molecule has 2 heterocycles. The van der Waals surface area contributed by atoms with E-state index >= 15 is 0 Å². The summed E-state index contributed by atoms with van der Waals surface area (Å²) in [4.78, 5) is 7.40. The second-order valence-corrected chi connectivity index (χ2v) is 7.16. The summed E-state index contributed by atoms with van der Waals surface area (Å²) in [6.45, 7) is 8.07. The number of nitrogens with zero attached hydrogens (tertiary/aromatic N) is 2. The topological polar surface area (TPSA) is 27.6 Å². The summed E-state index contributed by atoms with van der Waals surface area (Å²) in [6, 6.07) is 1.18. The lowest BCUT2D eigenvalue weighted by Gasteiger charge is -2.37. The Balaban J connectivity index is 1.96. The Bertz CT molecular complexity index is 318. The smallest absolute Gasteiger partial charge is 0.157 e. The first-order valence-electron chi connectivity index (χ1n) is 7.21. The number of amidine groups is 1. The molecule has 18 heavy (non-hydrogen) atoms. The van der Waals surface area contributed by atoms with Crippen LogP contribution in [0.2, 0.25) is 0 Å². The largest absolute Gasteiger partial charge is 0.360 e. The number of aliphatic imine (C=N–C) groups is 1. The summed E-state index contributed by atoms with van der Waals surface area (Å²) < 4.78 is 0. The predicted octanol–water partition coefficient (Wildman–Crippen LogP) is 2.72. The zero-order chi connectivity index (χ0) is 13.2. The SMILES string of the molecule is CCC1(C)CCSC(=NC2CCN(C)C(C)C2)N1. The van der Waals surface area contributed by atoms with Crippen molar-refractivity contribution in [2.24, 2.45) is 4.99 Å². The first-order chi connectivity index (χ1) is 8.52. The molecule has 0 saturated carbocycles. The van der Waals surface area contributed by atoms with Gasteiger partial charge in [0.1, 0.15) is 0 Å². The van der Waals surface area contributed by atoms with E-state index in [9.17, 15) is 0 Å². The normalized spacial score (nSPS) is 40.8. The van der Waals surface area contributed by atoms with Crippen LogP contribution in [0.15, 0.2) is 4.99 Å². The monoisotopic (exact) mass is 269 g/mol. The van der Waals surface area contributed by atoms with Gasteiger partial charge < -0.3 is 10.2 Å². The fourth-order valence-electron chi connectivity index (χ4n) is 2.61. The summed E-state index contributed by atoms with van der Waals surface area (Å²) in [5.74, 6) is 1.21. The highest BCUT2D eigenvalue weighted by atomic mass is 32.2. The molecule has 0 amide bonds. The van der Waals surface area contributed by atoms with Gasteiger partial charge in [0.15, 0.2) is 5.17 Å². The summed E-state index contributed by atoms with van der Waals surface area (Å²) >= 11 is 1.90. The summed E-state index contributed by atoms with van der Waals surface area (Å²) in [6.07, 6.45) is 4.83. The van der Waals surface area contributed by atoms with Crippen molar-refractivity contribution >= 4 is 16.9 Å². The number of piperidine rings is 1. The maximum atomic E-state index is 4.97. The second kappa shape index (κ2) is 5.83. The minimum absolute atomic E-state index is 0.265. The van der Waals surface area contributed by atoms with Crippen molar-refractivity contribution in [2.45, 2.75) is 64.1 Å². The lowest BCUT2D eigenvalue weighted by molar-refractivity contribution is 0.184. The van der Waals surface area contributed by atoms with Crippen LogP contribution in [0, 0.1) is 0 Å². The van der Waals surface area contributed by atoms with E-state index in [1.54, 1.807) is 0 Å². The van der Waals surface area contributed by atoms with Crippen LogP contribution in [0.5, 0.6) is 0 Å². The van der Waals surface area contributed by atoms with Crippen molar-refractivity contribution in [1.29, 1.82) is 0 Å².